The molecule has 0 spiro atoms. The van der Waals surface area contributed by atoms with E-state index in [-0.39, 0.29) is 10.6 Å². The van der Waals surface area contributed by atoms with E-state index < -0.39 is 10.0 Å². The Morgan fingerprint density at radius 3 is 2.71 bits per heavy atom. The highest BCUT2D eigenvalue weighted by molar-refractivity contribution is 7.89. The summed E-state index contributed by atoms with van der Waals surface area (Å²) in [6, 6.07) is 4.49. The first-order valence-corrected chi connectivity index (χ1v) is 7.24. The number of nitrogens with two attached hydrogens (primary N) is 1. The van der Waals surface area contributed by atoms with Crippen LogP contribution in [0, 0.1) is 5.92 Å². The fourth-order valence-corrected chi connectivity index (χ4v) is 3.28. The molecule has 4 nitrogen and oxygen atoms in total. The van der Waals surface area contributed by atoms with Crippen molar-refractivity contribution in [3.05, 3.63) is 23.2 Å². The normalized spacial score (nSPS) is 16.4. The van der Waals surface area contributed by atoms with Crippen LogP contribution < -0.4 is 5.73 Å². The molecule has 0 radical (unpaired) electrons. The van der Waals surface area contributed by atoms with Crippen LogP contribution in [0.4, 0.5) is 5.69 Å². The number of nitrogens with zero attached hydrogens (tertiary/aromatic N) is 1. The summed E-state index contributed by atoms with van der Waals surface area (Å²) in [5, 5.41) is 0.373. The zero-order valence-electron chi connectivity index (χ0n) is 9.56. The van der Waals surface area contributed by atoms with Crippen LogP contribution in [0.25, 0.3) is 0 Å². The first-order chi connectivity index (χ1) is 7.91. The van der Waals surface area contributed by atoms with Gasteiger partial charge in [-0.05, 0) is 37.0 Å². The first-order valence-electron chi connectivity index (χ1n) is 5.42. The van der Waals surface area contributed by atoms with E-state index >= 15 is 0 Å². The summed E-state index contributed by atoms with van der Waals surface area (Å²) in [6.45, 7) is 0.550. The van der Waals surface area contributed by atoms with Gasteiger partial charge in [0, 0.05) is 18.6 Å². The van der Waals surface area contributed by atoms with Crippen molar-refractivity contribution in [2.75, 3.05) is 19.3 Å². The Labute approximate surface area is 106 Å². The molecule has 17 heavy (non-hydrogen) atoms. The van der Waals surface area contributed by atoms with Crippen molar-refractivity contribution in [1.82, 2.24) is 4.31 Å². The lowest BCUT2D eigenvalue weighted by Crippen LogP contribution is -2.29. The van der Waals surface area contributed by atoms with Gasteiger partial charge in [-0.3, -0.25) is 0 Å². The molecule has 0 unspecified atom stereocenters. The highest BCUT2D eigenvalue weighted by atomic mass is 35.5. The predicted molar refractivity (Wildman–Crippen MR) is 68.4 cm³/mol. The van der Waals surface area contributed by atoms with Gasteiger partial charge >= 0.3 is 0 Å². The summed E-state index contributed by atoms with van der Waals surface area (Å²) >= 11 is 5.81. The van der Waals surface area contributed by atoms with Crippen LogP contribution in [0.1, 0.15) is 12.8 Å². The second-order valence-corrected chi connectivity index (χ2v) is 6.86. The molecule has 1 saturated carbocycles. The van der Waals surface area contributed by atoms with Gasteiger partial charge in [0.1, 0.15) is 4.90 Å². The van der Waals surface area contributed by atoms with E-state index in [4.69, 9.17) is 17.3 Å². The number of benzene rings is 1. The Balaban J connectivity index is 2.32. The summed E-state index contributed by atoms with van der Waals surface area (Å²) in [4.78, 5) is 0.0909. The van der Waals surface area contributed by atoms with Gasteiger partial charge in [0.25, 0.3) is 0 Å². The van der Waals surface area contributed by atoms with Crippen molar-refractivity contribution in [2.45, 2.75) is 17.7 Å². The molecule has 0 atom stereocenters. The number of nitrogen functional groups attached to an aromatic ring is 1. The molecular weight excluding hydrogens is 260 g/mol. The molecule has 0 aliphatic heterocycles. The van der Waals surface area contributed by atoms with E-state index in [1.54, 1.807) is 13.1 Å². The topological polar surface area (TPSA) is 63.4 Å². The summed E-state index contributed by atoms with van der Waals surface area (Å²) < 4.78 is 25.9. The molecule has 1 aromatic rings. The molecule has 1 aliphatic carbocycles. The third kappa shape index (κ3) is 2.73. The third-order valence-electron chi connectivity index (χ3n) is 2.88. The Kier molecular flexibility index (Phi) is 3.34. The first kappa shape index (κ1) is 12.7. The average Bonchev–Trinajstić information content (AvgIpc) is 3.05. The van der Waals surface area contributed by atoms with E-state index in [9.17, 15) is 8.42 Å². The molecule has 0 heterocycles. The molecule has 94 valence electrons. The fraction of sp³-hybridized carbons (Fsp3) is 0.455. The predicted octanol–water partition coefficient (Wildman–Crippen LogP) is 1.95. The second-order valence-electron chi connectivity index (χ2n) is 4.41. The van der Waals surface area contributed by atoms with E-state index in [0.29, 0.717) is 17.5 Å². The largest absolute Gasteiger partial charge is 0.398 e. The maximum absolute atomic E-state index is 12.3. The van der Waals surface area contributed by atoms with E-state index in [1.807, 2.05) is 0 Å². The zero-order valence-corrected chi connectivity index (χ0v) is 11.1. The van der Waals surface area contributed by atoms with Crippen LogP contribution >= 0.6 is 11.6 Å². The molecule has 6 heteroatoms. The standard InChI is InChI=1S/C11H15ClN2O2S/c1-14(7-8-2-3-8)17(15,16)11-6-9(12)4-5-10(11)13/h4-6,8H,2-3,7,13H2,1H3. The van der Waals surface area contributed by atoms with Crippen molar-refractivity contribution >= 4 is 27.3 Å². The van der Waals surface area contributed by atoms with E-state index in [0.717, 1.165) is 12.8 Å². The number of hydrogen-bond acceptors (Lipinski definition) is 3. The van der Waals surface area contributed by atoms with Crippen molar-refractivity contribution in [3.63, 3.8) is 0 Å². The molecule has 1 aromatic carbocycles. The number of anilines is 1. The van der Waals surface area contributed by atoms with Crippen molar-refractivity contribution < 1.29 is 8.42 Å². The minimum Gasteiger partial charge on any atom is -0.398 e. The van der Waals surface area contributed by atoms with Gasteiger partial charge in [-0.25, -0.2) is 12.7 Å². The quantitative estimate of drug-likeness (QED) is 0.854. The summed E-state index contributed by atoms with van der Waals surface area (Å²) in [6.07, 6.45) is 2.20. The molecule has 0 bridgehead atoms. The monoisotopic (exact) mass is 274 g/mol. The third-order valence-corrected chi connectivity index (χ3v) is 4.99. The Hall–Kier alpha value is -0.780. The van der Waals surface area contributed by atoms with E-state index in [1.165, 1.54) is 16.4 Å². The van der Waals surface area contributed by atoms with Crippen LogP contribution in [0.5, 0.6) is 0 Å². The molecule has 0 saturated heterocycles. The molecule has 1 fully saturated rings. The van der Waals surface area contributed by atoms with Crippen LogP contribution in [0.2, 0.25) is 5.02 Å². The zero-order chi connectivity index (χ0) is 12.6. The maximum atomic E-state index is 12.3. The molecule has 2 rings (SSSR count). The van der Waals surface area contributed by atoms with E-state index in [2.05, 4.69) is 0 Å². The van der Waals surface area contributed by atoms with Gasteiger partial charge < -0.3 is 5.73 Å². The smallest absolute Gasteiger partial charge is 0.244 e. The Morgan fingerprint density at radius 1 is 1.47 bits per heavy atom. The molecule has 1 aliphatic rings. The van der Waals surface area contributed by atoms with Crippen LogP contribution in [-0.4, -0.2) is 26.3 Å². The molecule has 2 N–H and O–H groups in total. The maximum Gasteiger partial charge on any atom is 0.244 e. The highest BCUT2D eigenvalue weighted by Gasteiger charge is 2.30. The van der Waals surface area contributed by atoms with Crippen molar-refractivity contribution in [3.8, 4) is 0 Å². The average molecular weight is 275 g/mol. The van der Waals surface area contributed by atoms with Gasteiger partial charge in [-0.15, -0.1) is 0 Å². The summed E-state index contributed by atoms with van der Waals surface area (Å²) in [5.74, 6) is 0.496. The molecular formula is C11H15ClN2O2S. The van der Waals surface area contributed by atoms with Gasteiger partial charge in [0.05, 0.1) is 5.69 Å². The fourth-order valence-electron chi connectivity index (χ4n) is 1.66. The lowest BCUT2D eigenvalue weighted by Gasteiger charge is -2.18. The second kappa shape index (κ2) is 4.48. The van der Waals surface area contributed by atoms with Gasteiger partial charge in [0.15, 0.2) is 0 Å². The molecule has 0 amide bonds. The Bertz CT molecular complexity index is 526. The number of hydrogen-bond donors (Lipinski definition) is 1. The lowest BCUT2D eigenvalue weighted by molar-refractivity contribution is 0.453. The minimum atomic E-state index is -3.52. The van der Waals surface area contributed by atoms with Gasteiger partial charge in [-0.2, -0.15) is 0 Å². The van der Waals surface area contributed by atoms with Crippen molar-refractivity contribution in [1.29, 1.82) is 0 Å². The summed E-state index contributed by atoms with van der Waals surface area (Å²) in [5.41, 5.74) is 5.93. The Morgan fingerprint density at radius 2 is 2.12 bits per heavy atom. The van der Waals surface area contributed by atoms with Crippen molar-refractivity contribution in [2.24, 2.45) is 5.92 Å². The SMILES string of the molecule is CN(CC1CC1)S(=O)(=O)c1cc(Cl)ccc1N. The number of halogens is 1. The summed E-state index contributed by atoms with van der Waals surface area (Å²) in [7, 11) is -1.95. The van der Waals surface area contributed by atoms with Crippen LogP contribution in [0.15, 0.2) is 23.1 Å². The van der Waals surface area contributed by atoms with Crippen LogP contribution in [0.3, 0.4) is 0 Å². The van der Waals surface area contributed by atoms with Gasteiger partial charge in [0.2, 0.25) is 10.0 Å². The number of rotatable bonds is 4. The lowest BCUT2D eigenvalue weighted by atomic mass is 10.3. The van der Waals surface area contributed by atoms with Crippen LogP contribution in [-0.2, 0) is 10.0 Å². The molecule has 0 aromatic heterocycles. The minimum absolute atomic E-state index is 0.0909. The van der Waals surface area contributed by atoms with Gasteiger partial charge in [-0.1, -0.05) is 11.6 Å². The highest BCUT2D eigenvalue weighted by Crippen LogP contribution is 2.32. The number of sulfonamides is 1.